The Morgan fingerprint density at radius 3 is 2.82 bits per heavy atom. The van der Waals surface area contributed by atoms with Gasteiger partial charge in [-0.05, 0) is 48.9 Å². The van der Waals surface area contributed by atoms with Crippen molar-refractivity contribution in [3.63, 3.8) is 0 Å². The lowest BCUT2D eigenvalue weighted by Crippen LogP contribution is -2.23. The molecule has 3 heterocycles. The van der Waals surface area contributed by atoms with Gasteiger partial charge in [0.25, 0.3) is 5.56 Å². The second kappa shape index (κ2) is 8.56. The van der Waals surface area contributed by atoms with Gasteiger partial charge in [0.2, 0.25) is 0 Å². The zero-order chi connectivity index (χ0) is 23.2. The van der Waals surface area contributed by atoms with Crippen LogP contribution in [-0.4, -0.2) is 26.1 Å². The third-order valence-electron chi connectivity index (χ3n) is 6.53. The van der Waals surface area contributed by atoms with Crippen molar-refractivity contribution in [1.82, 2.24) is 14.5 Å². The molecular weight excluding hydrogens is 462 g/mol. The van der Waals surface area contributed by atoms with E-state index in [-0.39, 0.29) is 17.1 Å². The molecule has 0 amide bonds. The van der Waals surface area contributed by atoms with Crippen molar-refractivity contribution in [3.05, 3.63) is 87.2 Å². The maximum atomic E-state index is 13.8. The molecule has 34 heavy (non-hydrogen) atoms. The number of thiophene rings is 1. The van der Waals surface area contributed by atoms with Crippen LogP contribution in [0.15, 0.2) is 70.7 Å². The van der Waals surface area contributed by atoms with Gasteiger partial charge in [0.05, 0.1) is 16.8 Å². The van der Waals surface area contributed by atoms with Crippen LogP contribution in [0.3, 0.4) is 0 Å². The van der Waals surface area contributed by atoms with Crippen LogP contribution in [0.1, 0.15) is 34.1 Å². The maximum absolute atomic E-state index is 13.8. The minimum Gasteiger partial charge on any atom is -0.360 e. The molecule has 0 saturated heterocycles. The summed E-state index contributed by atoms with van der Waals surface area (Å²) in [7, 11) is 0. The van der Waals surface area contributed by atoms with Gasteiger partial charge in [-0.1, -0.05) is 55.1 Å². The van der Waals surface area contributed by atoms with Gasteiger partial charge >= 0.3 is 0 Å². The molecule has 5 nitrogen and oxygen atoms in total. The summed E-state index contributed by atoms with van der Waals surface area (Å²) >= 11 is 2.97. The molecule has 1 atom stereocenters. The van der Waals surface area contributed by atoms with E-state index in [0.29, 0.717) is 16.6 Å². The van der Waals surface area contributed by atoms with Gasteiger partial charge in [-0.2, -0.15) is 0 Å². The number of nitrogens with zero attached hydrogens (tertiary/aromatic N) is 2. The van der Waals surface area contributed by atoms with Crippen molar-refractivity contribution in [3.8, 4) is 5.69 Å². The molecule has 0 fully saturated rings. The topological polar surface area (TPSA) is 67.8 Å². The smallest absolute Gasteiger partial charge is 0.267 e. The Kier molecular flexibility index (Phi) is 5.38. The molecule has 0 radical (unpaired) electrons. The van der Waals surface area contributed by atoms with Crippen molar-refractivity contribution in [2.45, 2.75) is 31.3 Å². The summed E-state index contributed by atoms with van der Waals surface area (Å²) in [4.78, 5) is 37.2. The molecule has 7 heteroatoms. The van der Waals surface area contributed by atoms with Gasteiger partial charge in [0.1, 0.15) is 4.83 Å². The molecule has 5 aromatic rings. The lowest BCUT2D eigenvalue weighted by Gasteiger charge is -2.17. The van der Waals surface area contributed by atoms with E-state index in [1.54, 1.807) is 22.1 Å². The molecule has 0 saturated carbocycles. The number of carbonyl (C=O) groups excluding carboxylic acids is 1. The van der Waals surface area contributed by atoms with Crippen LogP contribution in [-0.2, 0) is 12.8 Å². The molecule has 6 rings (SSSR count). The van der Waals surface area contributed by atoms with E-state index in [0.717, 1.165) is 46.1 Å². The van der Waals surface area contributed by atoms with E-state index < -0.39 is 0 Å². The lowest BCUT2D eigenvalue weighted by atomic mass is 9.89. The van der Waals surface area contributed by atoms with Crippen LogP contribution in [0.25, 0.3) is 26.8 Å². The number of carbonyl (C=O) groups is 1. The summed E-state index contributed by atoms with van der Waals surface area (Å²) in [6.45, 7) is 2.26. The quantitative estimate of drug-likeness (QED) is 0.188. The van der Waals surface area contributed by atoms with Gasteiger partial charge < -0.3 is 4.98 Å². The van der Waals surface area contributed by atoms with Gasteiger partial charge in [0.15, 0.2) is 10.9 Å². The Labute approximate surface area is 204 Å². The number of ketones is 1. The summed E-state index contributed by atoms with van der Waals surface area (Å²) in [5.74, 6) is 0.838. The highest BCUT2D eigenvalue weighted by atomic mass is 32.2. The minimum atomic E-state index is -0.0368. The number of rotatable bonds is 5. The molecule has 0 aliphatic heterocycles. The first-order valence-corrected chi connectivity index (χ1v) is 13.2. The van der Waals surface area contributed by atoms with Crippen molar-refractivity contribution < 1.29 is 4.79 Å². The Balaban J connectivity index is 1.43. The van der Waals surface area contributed by atoms with Crippen LogP contribution in [0.5, 0.6) is 0 Å². The van der Waals surface area contributed by atoms with Crippen LogP contribution in [0, 0.1) is 5.92 Å². The summed E-state index contributed by atoms with van der Waals surface area (Å²) in [6, 6.07) is 17.4. The zero-order valence-corrected chi connectivity index (χ0v) is 20.3. The fourth-order valence-electron chi connectivity index (χ4n) is 4.78. The van der Waals surface area contributed by atoms with Gasteiger partial charge in [-0.3, -0.25) is 14.2 Å². The fraction of sp³-hybridized carbons (Fsp3) is 0.222. The standard InChI is InChI=1S/C27H23N3O2S2/c1-16-11-12-19-23(13-16)34-25-24(19)26(32)30(17-7-3-2-4-8-17)27(29-25)33-15-22(31)20-14-28-21-10-6-5-9-18(20)21/h2-10,14,16,28H,11-13,15H2,1H3/t16-/m0/s1. The van der Waals surface area contributed by atoms with Crippen molar-refractivity contribution >= 4 is 50.0 Å². The monoisotopic (exact) mass is 485 g/mol. The first kappa shape index (κ1) is 21.4. The number of hydrogen-bond acceptors (Lipinski definition) is 5. The van der Waals surface area contributed by atoms with E-state index in [2.05, 4.69) is 11.9 Å². The normalized spacial score (nSPS) is 15.6. The number of H-pyrrole nitrogens is 1. The number of thioether (sulfide) groups is 1. The number of Topliss-reactive ketones (excluding diaryl/α,β-unsaturated/α-hetero) is 1. The van der Waals surface area contributed by atoms with Crippen LogP contribution in [0.2, 0.25) is 0 Å². The van der Waals surface area contributed by atoms with Gasteiger partial charge in [-0.15, -0.1) is 11.3 Å². The van der Waals surface area contributed by atoms with Crippen LogP contribution >= 0.6 is 23.1 Å². The van der Waals surface area contributed by atoms with Gasteiger partial charge in [-0.25, -0.2) is 4.98 Å². The number of fused-ring (bicyclic) bond motifs is 4. The van der Waals surface area contributed by atoms with E-state index in [1.807, 2.05) is 54.6 Å². The highest BCUT2D eigenvalue weighted by molar-refractivity contribution is 7.99. The van der Waals surface area contributed by atoms with Crippen molar-refractivity contribution in [1.29, 1.82) is 0 Å². The second-order valence-electron chi connectivity index (χ2n) is 8.86. The minimum absolute atomic E-state index is 0.00991. The number of nitrogens with one attached hydrogen (secondary N) is 1. The molecule has 170 valence electrons. The summed E-state index contributed by atoms with van der Waals surface area (Å²) < 4.78 is 1.68. The second-order valence-corrected chi connectivity index (χ2v) is 10.9. The number of aromatic nitrogens is 3. The Morgan fingerprint density at radius 1 is 1.18 bits per heavy atom. The lowest BCUT2D eigenvalue weighted by molar-refractivity contribution is 0.102. The van der Waals surface area contributed by atoms with E-state index in [9.17, 15) is 9.59 Å². The summed E-state index contributed by atoms with van der Waals surface area (Å²) in [6.07, 6.45) is 4.79. The average molecular weight is 486 g/mol. The maximum Gasteiger partial charge on any atom is 0.267 e. The molecule has 1 aliphatic carbocycles. The van der Waals surface area contributed by atoms with E-state index in [1.165, 1.54) is 22.2 Å². The molecule has 1 aliphatic rings. The molecule has 3 aromatic heterocycles. The Bertz CT molecular complexity index is 1600. The van der Waals surface area contributed by atoms with Crippen molar-refractivity contribution in [2.24, 2.45) is 5.92 Å². The average Bonchev–Trinajstić information content (AvgIpc) is 3.44. The molecular formula is C27H23N3O2S2. The highest BCUT2D eigenvalue weighted by Gasteiger charge is 2.25. The Hall–Kier alpha value is -3.16. The predicted octanol–water partition coefficient (Wildman–Crippen LogP) is 6.03. The highest BCUT2D eigenvalue weighted by Crippen LogP contribution is 2.37. The van der Waals surface area contributed by atoms with Gasteiger partial charge in [0, 0.05) is 27.5 Å². The number of aromatic amines is 1. The number of benzene rings is 2. The number of aryl methyl sites for hydroxylation is 1. The predicted molar refractivity (Wildman–Crippen MR) is 140 cm³/mol. The van der Waals surface area contributed by atoms with Crippen LogP contribution < -0.4 is 5.56 Å². The zero-order valence-electron chi connectivity index (χ0n) is 18.7. The van der Waals surface area contributed by atoms with E-state index >= 15 is 0 Å². The molecule has 0 unspecified atom stereocenters. The molecule has 1 N–H and O–H groups in total. The fourth-order valence-corrected chi connectivity index (χ4v) is 7.10. The first-order valence-electron chi connectivity index (χ1n) is 11.4. The van der Waals surface area contributed by atoms with E-state index in [4.69, 9.17) is 4.98 Å². The first-order chi connectivity index (χ1) is 16.6. The largest absolute Gasteiger partial charge is 0.360 e. The number of hydrogen-bond donors (Lipinski definition) is 1. The summed E-state index contributed by atoms with van der Waals surface area (Å²) in [5.41, 5.74) is 3.51. The van der Waals surface area contributed by atoms with Crippen LogP contribution in [0.4, 0.5) is 0 Å². The third-order valence-corrected chi connectivity index (χ3v) is 8.62. The molecule has 0 bridgehead atoms. The number of para-hydroxylation sites is 2. The molecule has 2 aromatic carbocycles. The third kappa shape index (κ3) is 3.60. The summed E-state index contributed by atoms with van der Waals surface area (Å²) in [5, 5.41) is 2.23. The Morgan fingerprint density at radius 2 is 1.97 bits per heavy atom. The SMILES string of the molecule is C[C@H]1CCc2c(sc3nc(SCC(=O)c4c[nH]c5ccccc45)n(-c4ccccc4)c(=O)c23)C1. The van der Waals surface area contributed by atoms with Crippen molar-refractivity contribution in [2.75, 3.05) is 5.75 Å². The molecule has 0 spiro atoms.